The summed E-state index contributed by atoms with van der Waals surface area (Å²) in [6.45, 7) is 0.738. The Hall–Kier alpha value is -0.800. The summed E-state index contributed by atoms with van der Waals surface area (Å²) >= 11 is 2.69. The van der Waals surface area contributed by atoms with Crippen LogP contribution < -0.4 is 10.5 Å². The molecular weight excluding hydrogens is 290 g/mol. The van der Waals surface area contributed by atoms with Crippen LogP contribution in [0.2, 0.25) is 0 Å². The summed E-state index contributed by atoms with van der Waals surface area (Å²) in [5, 5.41) is 1.82. The highest BCUT2D eigenvalue weighted by molar-refractivity contribution is 7.91. The van der Waals surface area contributed by atoms with Crippen LogP contribution in [0.25, 0.3) is 0 Å². The van der Waals surface area contributed by atoms with Crippen molar-refractivity contribution >= 4 is 32.7 Å². The molecule has 0 bridgehead atoms. The Morgan fingerprint density at radius 3 is 2.89 bits per heavy atom. The highest BCUT2D eigenvalue weighted by atomic mass is 32.2. The largest absolute Gasteiger partial charge is 0.330 e. The van der Waals surface area contributed by atoms with Gasteiger partial charge in [-0.05, 0) is 25.1 Å². The normalized spacial score (nSPS) is 11.8. The third-order valence-corrected chi connectivity index (χ3v) is 5.89. The first-order valence-corrected chi connectivity index (χ1v) is 8.51. The first-order chi connectivity index (χ1) is 8.62. The Labute approximate surface area is 114 Å². The molecule has 18 heavy (non-hydrogen) atoms. The molecule has 0 radical (unpaired) electrons. The molecule has 0 fully saturated rings. The monoisotopic (exact) mass is 303 g/mol. The van der Waals surface area contributed by atoms with Gasteiger partial charge in [0.25, 0.3) is 0 Å². The summed E-state index contributed by atoms with van der Waals surface area (Å²) in [6, 6.07) is 3.41. The van der Waals surface area contributed by atoms with Crippen molar-refractivity contribution in [2.45, 2.75) is 17.2 Å². The Balaban J connectivity index is 2.05. The van der Waals surface area contributed by atoms with E-state index in [-0.39, 0.29) is 6.54 Å². The van der Waals surface area contributed by atoms with Gasteiger partial charge >= 0.3 is 0 Å². The number of nitrogens with zero attached hydrogens (tertiary/aromatic N) is 1. The van der Waals surface area contributed by atoms with Gasteiger partial charge in [0, 0.05) is 10.3 Å². The Morgan fingerprint density at radius 1 is 1.39 bits per heavy atom. The Morgan fingerprint density at radius 2 is 2.22 bits per heavy atom. The second kappa shape index (κ2) is 5.89. The van der Waals surface area contributed by atoms with E-state index >= 15 is 0 Å². The number of nitrogens with two attached hydrogens (primary N) is 1. The van der Waals surface area contributed by atoms with E-state index < -0.39 is 10.0 Å². The lowest BCUT2D eigenvalue weighted by atomic mass is 10.3. The first kappa shape index (κ1) is 13.6. The van der Waals surface area contributed by atoms with Crippen LogP contribution in [0.15, 0.2) is 27.2 Å². The molecule has 0 saturated carbocycles. The number of rotatable bonds is 6. The average molecular weight is 303 g/mol. The molecule has 0 unspecified atom stereocenters. The quantitative estimate of drug-likeness (QED) is 0.839. The van der Waals surface area contributed by atoms with E-state index in [2.05, 4.69) is 9.71 Å². The molecule has 0 atom stereocenters. The summed E-state index contributed by atoms with van der Waals surface area (Å²) in [5.41, 5.74) is 7.84. The minimum absolute atomic E-state index is 0.218. The van der Waals surface area contributed by atoms with E-state index in [1.54, 1.807) is 17.6 Å². The van der Waals surface area contributed by atoms with E-state index in [0.29, 0.717) is 17.2 Å². The molecule has 2 aromatic heterocycles. The fourth-order valence-electron chi connectivity index (χ4n) is 1.34. The second-order valence-electron chi connectivity index (χ2n) is 3.56. The van der Waals surface area contributed by atoms with Crippen molar-refractivity contribution in [1.82, 2.24) is 9.71 Å². The molecular formula is C10H13N3O2S3. The van der Waals surface area contributed by atoms with Gasteiger partial charge in [-0.3, -0.25) is 0 Å². The summed E-state index contributed by atoms with van der Waals surface area (Å²) in [6.07, 6.45) is 0.701. The molecule has 2 rings (SSSR count). The van der Waals surface area contributed by atoms with Crippen LogP contribution in [0.1, 0.15) is 10.6 Å². The zero-order valence-corrected chi connectivity index (χ0v) is 11.9. The maximum atomic E-state index is 12.0. The Bertz CT molecular complexity index is 590. The molecule has 8 heteroatoms. The number of sulfonamides is 1. The topological polar surface area (TPSA) is 85.1 Å². The zero-order chi connectivity index (χ0) is 13.0. The SMILES string of the molecule is NCCc1ccc(S(=O)(=O)NCc2cscn2)s1. The molecule has 0 aliphatic carbocycles. The highest BCUT2D eigenvalue weighted by Gasteiger charge is 2.16. The Kier molecular flexibility index (Phi) is 4.46. The number of hydrogen-bond donors (Lipinski definition) is 2. The van der Waals surface area contributed by atoms with Crippen LogP contribution in [-0.2, 0) is 23.0 Å². The number of hydrogen-bond acceptors (Lipinski definition) is 6. The number of thiophene rings is 1. The van der Waals surface area contributed by atoms with Gasteiger partial charge in [0.2, 0.25) is 10.0 Å². The van der Waals surface area contributed by atoms with Gasteiger partial charge in [-0.15, -0.1) is 22.7 Å². The maximum Gasteiger partial charge on any atom is 0.250 e. The third-order valence-electron chi connectivity index (χ3n) is 2.22. The van der Waals surface area contributed by atoms with E-state index in [0.717, 1.165) is 10.6 Å². The number of nitrogens with one attached hydrogen (secondary N) is 1. The summed E-state index contributed by atoms with van der Waals surface area (Å²) in [5.74, 6) is 0. The van der Waals surface area contributed by atoms with Gasteiger partial charge in [-0.2, -0.15) is 0 Å². The van der Waals surface area contributed by atoms with E-state index in [1.807, 2.05) is 5.38 Å². The van der Waals surface area contributed by atoms with Crippen molar-refractivity contribution in [1.29, 1.82) is 0 Å². The molecule has 98 valence electrons. The van der Waals surface area contributed by atoms with Crippen LogP contribution in [-0.4, -0.2) is 19.9 Å². The van der Waals surface area contributed by atoms with Crippen molar-refractivity contribution < 1.29 is 8.42 Å². The molecule has 0 aliphatic rings. The first-order valence-electron chi connectivity index (χ1n) is 5.27. The molecule has 5 nitrogen and oxygen atoms in total. The number of thiazole rings is 1. The highest BCUT2D eigenvalue weighted by Crippen LogP contribution is 2.21. The fraction of sp³-hybridized carbons (Fsp3) is 0.300. The van der Waals surface area contributed by atoms with Gasteiger partial charge in [0.05, 0.1) is 17.7 Å². The van der Waals surface area contributed by atoms with Crippen molar-refractivity contribution in [2.24, 2.45) is 5.73 Å². The summed E-state index contributed by atoms with van der Waals surface area (Å²) in [4.78, 5) is 5.00. The van der Waals surface area contributed by atoms with Gasteiger partial charge in [-0.1, -0.05) is 0 Å². The minimum atomic E-state index is -3.44. The number of aromatic nitrogens is 1. The molecule has 2 heterocycles. The van der Waals surface area contributed by atoms with Gasteiger partial charge in [0.15, 0.2) is 0 Å². The smallest absolute Gasteiger partial charge is 0.250 e. The van der Waals surface area contributed by atoms with Crippen LogP contribution in [0.3, 0.4) is 0 Å². The molecule has 0 spiro atoms. The zero-order valence-electron chi connectivity index (χ0n) is 9.50. The minimum Gasteiger partial charge on any atom is -0.330 e. The third kappa shape index (κ3) is 3.36. The van der Waals surface area contributed by atoms with Gasteiger partial charge < -0.3 is 5.73 Å². The molecule has 0 aliphatic heterocycles. The molecule has 0 saturated heterocycles. The summed E-state index contributed by atoms with van der Waals surface area (Å²) < 4.78 is 26.8. The molecule has 0 aromatic carbocycles. The predicted octanol–water partition coefficient (Wildman–Crippen LogP) is 1.18. The van der Waals surface area contributed by atoms with Crippen molar-refractivity contribution in [2.75, 3.05) is 6.54 Å². The second-order valence-corrected chi connectivity index (χ2v) is 7.44. The maximum absolute atomic E-state index is 12.0. The van der Waals surface area contributed by atoms with Crippen molar-refractivity contribution in [3.05, 3.63) is 33.6 Å². The van der Waals surface area contributed by atoms with Crippen molar-refractivity contribution in [3.8, 4) is 0 Å². The van der Waals surface area contributed by atoms with E-state index in [9.17, 15) is 8.42 Å². The summed E-state index contributed by atoms with van der Waals surface area (Å²) in [7, 11) is -3.44. The standard InChI is InChI=1S/C10H13N3O2S3/c11-4-3-9-1-2-10(17-9)18(14,15)13-5-8-6-16-7-12-8/h1-2,6-7,13H,3-5,11H2. The van der Waals surface area contributed by atoms with Crippen molar-refractivity contribution in [3.63, 3.8) is 0 Å². The molecule has 0 amide bonds. The lowest BCUT2D eigenvalue weighted by Crippen LogP contribution is -2.22. The lowest BCUT2D eigenvalue weighted by Gasteiger charge is -2.02. The molecule has 2 aromatic rings. The van der Waals surface area contributed by atoms with Crippen LogP contribution in [0, 0.1) is 0 Å². The average Bonchev–Trinajstić information content (AvgIpc) is 2.98. The van der Waals surface area contributed by atoms with Crippen LogP contribution in [0.5, 0.6) is 0 Å². The van der Waals surface area contributed by atoms with E-state index in [4.69, 9.17) is 5.73 Å². The fourth-order valence-corrected chi connectivity index (χ4v) is 4.32. The van der Waals surface area contributed by atoms with E-state index in [1.165, 1.54) is 22.7 Å². The van der Waals surface area contributed by atoms with Gasteiger partial charge in [-0.25, -0.2) is 18.1 Å². The predicted molar refractivity (Wildman–Crippen MR) is 73.2 cm³/mol. The van der Waals surface area contributed by atoms with Crippen LogP contribution in [0.4, 0.5) is 0 Å². The lowest BCUT2D eigenvalue weighted by molar-refractivity contribution is 0.583. The van der Waals surface area contributed by atoms with Gasteiger partial charge in [0.1, 0.15) is 4.21 Å². The van der Waals surface area contributed by atoms with Crippen LogP contribution >= 0.6 is 22.7 Å². The molecule has 3 N–H and O–H groups in total.